The van der Waals surface area contributed by atoms with Crippen LogP contribution < -0.4 is 4.74 Å². The van der Waals surface area contributed by atoms with Crippen molar-refractivity contribution in [1.29, 1.82) is 0 Å². The summed E-state index contributed by atoms with van der Waals surface area (Å²) < 4.78 is 45.1. The fourth-order valence-electron chi connectivity index (χ4n) is 1.21. The molecular formula is C12H14F3NO3. The topological polar surface area (TPSA) is 48.4 Å². The number of aromatic nitrogens is 1. The number of rotatable bonds is 7. The van der Waals surface area contributed by atoms with Gasteiger partial charge in [0, 0.05) is 11.8 Å². The summed E-state index contributed by atoms with van der Waals surface area (Å²) in [5.74, 6) is -0.165. The van der Waals surface area contributed by atoms with Crippen LogP contribution in [0.25, 0.3) is 0 Å². The standard InChI is InChI=1S/C12H14F3NO3/c1-2-3-19-10-4-9(5-16-6-10)11(17)7-18-8-12(13,14)15/h4-6H,2-3,7-8H2,1H3. The van der Waals surface area contributed by atoms with Gasteiger partial charge < -0.3 is 9.47 Å². The number of ether oxygens (including phenoxy) is 2. The molecule has 0 aliphatic carbocycles. The maximum Gasteiger partial charge on any atom is 0.411 e. The van der Waals surface area contributed by atoms with Gasteiger partial charge in [-0.05, 0) is 12.5 Å². The van der Waals surface area contributed by atoms with Crippen LogP contribution in [0.2, 0.25) is 0 Å². The molecule has 0 radical (unpaired) electrons. The number of ketones is 1. The molecule has 0 atom stereocenters. The predicted octanol–water partition coefficient (Wildman–Crippen LogP) is 2.63. The molecule has 0 saturated carbocycles. The van der Waals surface area contributed by atoms with E-state index < -0.39 is 25.2 Å². The normalized spacial score (nSPS) is 11.4. The van der Waals surface area contributed by atoms with E-state index in [1.165, 1.54) is 18.5 Å². The Morgan fingerprint density at radius 1 is 1.37 bits per heavy atom. The number of pyridine rings is 1. The highest BCUT2D eigenvalue weighted by molar-refractivity contribution is 5.97. The Labute approximate surface area is 108 Å². The Hall–Kier alpha value is -1.63. The quantitative estimate of drug-likeness (QED) is 0.719. The van der Waals surface area contributed by atoms with Gasteiger partial charge in [-0.1, -0.05) is 6.92 Å². The van der Waals surface area contributed by atoms with Gasteiger partial charge in [0.15, 0.2) is 5.78 Å². The lowest BCUT2D eigenvalue weighted by Crippen LogP contribution is -2.20. The Morgan fingerprint density at radius 2 is 2.11 bits per heavy atom. The first-order chi connectivity index (χ1) is 8.92. The van der Waals surface area contributed by atoms with E-state index in [2.05, 4.69) is 9.72 Å². The Morgan fingerprint density at radius 3 is 2.74 bits per heavy atom. The van der Waals surface area contributed by atoms with Crippen LogP contribution in [0.5, 0.6) is 5.75 Å². The summed E-state index contributed by atoms with van der Waals surface area (Å²) in [5.41, 5.74) is 0.163. The van der Waals surface area contributed by atoms with Crippen molar-refractivity contribution < 1.29 is 27.4 Å². The highest BCUT2D eigenvalue weighted by atomic mass is 19.4. The monoisotopic (exact) mass is 277 g/mol. The fourth-order valence-corrected chi connectivity index (χ4v) is 1.21. The molecule has 0 N–H and O–H groups in total. The first-order valence-electron chi connectivity index (χ1n) is 5.68. The number of Topliss-reactive ketones (excluding diaryl/α,β-unsaturated/α-hetero) is 1. The molecule has 7 heteroatoms. The number of hydrogen-bond acceptors (Lipinski definition) is 4. The van der Waals surface area contributed by atoms with Gasteiger partial charge >= 0.3 is 6.18 Å². The average Bonchev–Trinajstić information content (AvgIpc) is 2.35. The molecule has 106 valence electrons. The van der Waals surface area contributed by atoms with Crippen molar-refractivity contribution in [1.82, 2.24) is 4.98 Å². The molecule has 1 rings (SSSR count). The Bertz CT molecular complexity index is 421. The highest BCUT2D eigenvalue weighted by Gasteiger charge is 2.27. The van der Waals surface area contributed by atoms with Crippen molar-refractivity contribution in [2.75, 3.05) is 19.8 Å². The lowest BCUT2D eigenvalue weighted by Gasteiger charge is -2.08. The largest absolute Gasteiger partial charge is 0.492 e. The second-order valence-electron chi connectivity index (χ2n) is 3.79. The number of carbonyl (C=O) groups is 1. The van der Waals surface area contributed by atoms with Gasteiger partial charge in [-0.2, -0.15) is 13.2 Å². The van der Waals surface area contributed by atoms with E-state index in [0.717, 1.165) is 6.42 Å². The van der Waals surface area contributed by atoms with Crippen LogP contribution >= 0.6 is 0 Å². The van der Waals surface area contributed by atoms with Gasteiger partial charge in [-0.3, -0.25) is 9.78 Å². The molecular weight excluding hydrogens is 263 g/mol. The molecule has 1 aromatic heterocycles. The molecule has 0 aliphatic heterocycles. The SMILES string of the molecule is CCCOc1cncc(C(=O)COCC(F)(F)F)c1. The van der Waals surface area contributed by atoms with Gasteiger partial charge in [0.05, 0.1) is 12.8 Å². The molecule has 0 amide bonds. The first kappa shape index (κ1) is 15.4. The van der Waals surface area contributed by atoms with Crippen LogP contribution in [0.4, 0.5) is 13.2 Å². The summed E-state index contributed by atoms with van der Waals surface area (Å²) >= 11 is 0. The minimum Gasteiger partial charge on any atom is -0.492 e. The van der Waals surface area contributed by atoms with Crippen molar-refractivity contribution in [2.45, 2.75) is 19.5 Å². The van der Waals surface area contributed by atoms with Gasteiger partial charge in [0.25, 0.3) is 0 Å². The van der Waals surface area contributed by atoms with Crippen LogP contribution in [0.15, 0.2) is 18.5 Å². The number of alkyl halides is 3. The summed E-state index contributed by atoms with van der Waals surface area (Å²) in [4.78, 5) is 15.4. The third kappa shape index (κ3) is 6.19. The average molecular weight is 277 g/mol. The zero-order chi connectivity index (χ0) is 14.3. The van der Waals surface area contributed by atoms with Crippen molar-refractivity contribution in [3.8, 4) is 5.75 Å². The van der Waals surface area contributed by atoms with E-state index in [1.54, 1.807) is 0 Å². The van der Waals surface area contributed by atoms with Gasteiger partial charge in [0.1, 0.15) is 19.0 Å². The summed E-state index contributed by atoms with van der Waals surface area (Å²) in [6, 6.07) is 1.43. The third-order valence-electron chi connectivity index (χ3n) is 2.01. The molecule has 4 nitrogen and oxygen atoms in total. The van der Waals surface area contributed by atoms with Crippen LogP contribution in [-0.2, 0) is 4.74 Å². The lowest BCUT2D eigenvalue weighted by molar-refractivity contribution is -0.170. The lowest BCUT2D eigenvalue weighted by atomic mass is 10.2. The second-order valence-corrected chi connectivity index (χ2v) is 3.79. The molecule has 0 aromatic carbocycles. The van der Waals surface area contributed by atoms with Crippen LogP contribution in [0, 0.1) is 0 Å². The van der Waals surface area contributed by atoms with E-state index in [9.17, 15) is 18.0 Å². The molecule has 0 bridgehead atoms. The van der Waals surface area contributed by atoms with E-state index in [0.29, 0.717) is 12.4 Å². The summed E-state index contributed by atoms with van der Waals surface area (Å²) in [5, 5.41) is 0. The van der Waals surface area contributed by atoms with Crippen molar-refractivity contribution in [2.24, 2.45) is 0 Å². The Balaban J connectivity index is 2.52. The summed E-state index contributed by atoms with van der Waals surface area (Å²) in [6.07, 6.45) is -0.946. The second kappa shape index (κ2) is 7.08. The van der Waals surface area contributed by atoms with Gasteiger partial charge in [-0.15, -0.1) is 0 Å². The number of carbonyl (C=O) groups excluding carboxylic acids is 1. The zero-order valence-electron chi connectivity index (χ0n) is 10.4. The first-order valence-corrected chi connectivity index (χ1v) is 5.68. The van der Waals surface area contributed by atoms with E-state index in [1.807, 2.05) is 6.92 Å². The number of hydrogen-bond donors (Lipinski definition) is 0. The van der Waals surface area contributed by atoms with Crippen molar-refractivity contribution in [3.63, 3.8) is 0 Å². The minimum atomic E-state index is -4.44. The van der Waals surface area contributed by atoms with Crippen molar-refractivity contribution in [3.05, 3.63) is 24.0 Å². The molecule has 0 saturated heterocycles. The Kier molecular flexibility index (Phi) is 5.75. The number of nitrogens with zero attached hydrogens (tertiary/aromatic N) is 1. The van der Waals surface area contributed by atoms with Gasteiger partial charge in [0.2, 0.25) is 0 Å². The molecule has 0 spiro atoms. The van der Waals surface area contributed by atoms with Gasteiger partial charge in [-0.25, -0.2) is 0 Å². The molecule has 0 unspecified atom stereocenters. The molecule has 19 heavy (non-hydrogen) atoms. The van der Waals surface area contributed by atoms with Crippen molar-refractivity contribution >= 4 is 5.78 Å². The summed E-state index contributed by atoms with van der Waals surface area (Å²) in [7, 11) is 0. The smallest absolute Gasteiger partial charge is 0.411 e. The number of halogens is 3. The maximum absolute atomic E-state index is 11.8. The molecule has 0 fully saturated rings. The van der Waals surface area contributed by atoms with Crippen LogP contribution in [0.1, 0.15) is 23.7 Å². The molecule has 0 aliphatic rings. The maximum atomic E-state index is 11.8. The zero-order valence-corrected chi connectivity index (χ0v) is 10.4. The third-order valence-corrected chi connectivity index (χ3v) is 2.01. The van der Waals surface area contributed by atoms with E-state index >= 15 is 0 Å². The fraction of sp³-hybridized carbons (Fsp3) is 0.500. The highest BCUT2D eigenvalue weighted by Crippen LogP contribution is 2.15. The molecule has 1 heterocycles. The minimum absolute atomic E-state index is 0.163. The summed E-state index contributed by atoms with van der Waals surface area (Å²) in [6.45, 7) is 0.313. The van der Waals surface area contributed by atoms with E-state index in [4.69, 9.17) is 4.74 Å². The van der Waals surface area contributed by atoms with E-state index in [-0.39, 0.29) is 5.56 Å². The predicted molar refractivity (Wildman–Crippen MR) is 61.2 cm³/mol. The molecule has 1 aromatic rings. The van der Waals surface area contributed by atoms with Crippen LogP contribution in [0.3, 0.4) is 0 Å². The van der Waals surface area contributed by atoms with Crippen LogP contribution in [-0.4, -0.2) is 36.8 Å².